The van der Waals surface area contributed by atoms with E-state index in [0.29, 0.717) is 18.1 Å². The van der Waals surface area contributed by atoms with Gasteiger partial charge in [0.05, 0.1) is 10.6 Å². The summed E-state index contributed by atoms with van der Waals surface area (Å²) in [4.78, 5) is 17.4. The van der Waals surface area contributed by atoms with Crippen LogP contribution in [0.5, 0.6) is 5.75 Å². The molecule has 1 aliphatic rings. The van der Waals surface area contributed by atoms with E-state index in [-0.39, 0.29) is 5.13 Å². The van der Waals surface area contributed by atoms with Crippen molar-refractivity contribution >= 4 is 22.4 Å². The molecule has 120 valence electrons. The second-order valence-electron chi connectivity index (χ2n) is 5.13. The molecular formula is C17H10F2N2O2S. The summed E-state index contributed by atoms with van der Waals surface area (Å²) in [5.41, 5.74) is 0.918. The third-order valence-corrected chi connectivity index (χ3v) is 4.55. The highest BCUT2D eigenvalue weighted by atomic mass is 32.1. The van der Waals surface area contributed by atoms with Crippen LogP contribution in [0.25, 0.3) is 11.3 Å². The van der Waals surface area contributed by atoms with Gasteiger partial charge in [-0.2, -0.15) is 0 Å². The number of aromatic nitrogens is 1. The zero-order valence-corrected chi connectivity index (χ0v) is 13.0. The topological polar surface area (TPSA) is 51.2 Å². The predicted octanol–water partition coefficient (Wildman–Crippen LogP) is 4.23. The number of carbonyl (C=O) groups excluding carboxylic acids is 1. The minimum atomic E-state index is -0.914. The molecule has 4 nitrogen and oxygen atoms in total. The lowest BCUT2D eigenvalue weighted by Crippen LogP contribution is -2.15. The summed E-state index contributed by atoms with van der Waals surface area (Å²) in [6, 6.07) is 10.7. The van der Waals surface area contributed by atoms with Gasteiger partial charge in [-0.3, -0.25) is 10.1 Å². The first-order valence-corrected chi connectivity index (χ1v) is 7.92. The van der Waals surface area contributed by atoms with Gasteiger partial charge in [0.2, 0.25) is 0 Å². The second kappa shape index (κ2) is 5.68. The highest BCUT2D eigenvalue weighted by Crippen LogP contribution is 2.40. The molecule has 1 amide bonds. The fraction of sp³-hybridized carbons (Fsp3) is 0.0588. The Balaban J connectivity index is 1.66. The van der Waals surface area contributed by atoms with E-state index in [1.807, 2.05) is 24.3 Å². The maximum absolute atomic E-state index is 13.7. The van der Waals surface area contributed by atoms with Crippen molar-refractivity contribution in [2.45, 2.75) is 6.61 Å². The molecule has 24 heavy (non-hydrogen) atoms. The number of nitrogens with one attached hydrogen (secondary N) is 1. The number of anilines is 1. The minimum Gasteiger partial charge on any atom is -0.487 e. The summed E-state index contributed by atoms with van der Waals surface area (Å²) >= 11 is 1.22. The Kier molecular flexibility index (Phi) is 3.50. The molecule has 7 heteroatoms. The number of thiazole rings is 1. The smallest absolute Gasteiger partial charge is 0.263 e. The minimum absolute atomic E-state index is 0.271. The van der Waals surface area contributed by atoms with Crippen molar-refractivity contribution in [1.29, 1.82) is 0 Å². The fourth-order valence-electron chi connectivity index (χ4n) is 2.52. The predicted molar refractivity (Wildman–Crippen MR) is 86.2 cm³/mol. The van der Waals surface area contributed by atoms with Crippen LogP contribution < -0.4 is 10.1 Å². The zero-order valence-electron chi connectivity index (χ0n) is 12.2. The monoisotopic (exact) mass is 344 g/mol. The van der Waals surface area contributed by atoms with Crippen molar-refractivity contribution in [1.82, 2.24) is 4.98 Å². The summed E-state index contributed by atoms with van der Waals surface area (Å²) < 4.78 is 33.0. The Morgan fingerprint density at radius 1 is 1.12 bits per heavy atom. The van der Waals surface area contributed by atoms with Crippen LogP contribution in [-0.2, 0) is 6.61 Å². The number of ether oxygens (including phenoxy) is 1. The molecule has 2 aromatic carbocycles. The summed E-state index contributed by atoms with van der Waals surface area (Å²) in [5, 5.41) is 2.73. The van der Waals surface area contributed by atoms with Gasteiger partial charge in [-0.25, -0.2) is 13.8 Å². The Hall–Kier alpha value is -2.80. The molecule has 1 aromatic heterocycles. The lowest BCUT2D eigenvalue weighted by Gasteiger charge is -2.15. The molecule has 0 atom stereocenters. The molecule has 0 fully saturated rings. The van der Waals surface area contributed by atoms with Crippen LogP contribution in [0.2, 0.25) is 0 Å². The number of nitrogens with zero attached hydrogens (tertiary/aromatic N) is 1. The first-order valence-electron chi connectivity index (χ1n) is 7.11. The molecule has 0 aliphatic carbocycles. The van der Waals surface area contributed by atoms with Crippen molar-refractivity contribution in [3.05, 3.63) is 64.5 Å². The van der Waals surface area contributed by atoms with Crippen LogP contribution >= 0.6 is 11.3 Å². The van der Waals surface area contributed by atoms with Gasteiger partial charge in [0, 0.05) is 5.56 Å². The van der Waals surface area contributed by atoms with Crippen molar-refractivity contribution < 1.29 is 18.3 Å². The highest BCUT2D eigenvalue weighted by molar-refractivity contribution is 7.16. The Morgan fingerprint density at radius 3 is 2.67 bits per heavy atom. The van der Waals surface area contributed by atoms with Crippen LogP contribution in [0.1, 0.15) is 15.2 Å². The molecule has 0 saturated heterocycles. The number of hydrogen-bond donors (Lipinski definition) is 1. The largest absolute Gasteiger partial charge is 0.487 e. The summed E-state index contributed by atoms with van der Waals surface area (Å²) in [5.74, 6) is -1.98. The highest BCUT2D eigenvalue weighted by Gasteiger charge is 2.24. The van der Waals surface area contributed by atoms with Crippen molar-refractivity contribution in [3.63, 3.8) is 0 Å². The van der Waals surface area contributed by atoms with Crippen LogP contribution in [-0.4, -0.2) is 10.9 Å². The SMILES string of the molecule is O=C(Nc1nc2c(s1)COc1ccccc1-2)c1c(F)cccc1F. The van der Waals surface area contributed by atoms with E-state index < -0.39 is 23.1 Å². The van der Waals surface area contributed by atoms with Crippen molar-refractivity contribution in [3.8, 4) is 17.0 Å². The summed E-state index contributed by atoms with van der Waals surface area (Å²) in [7, 11) is 0. The lowest BCUT2D eigenvalue weighted by atomic mass is 10.1. The number of fused-ring (bicyclic) bond motifs is 3. The van der Waals surface area contributed by atoms with E-state index in [0.717, 1.165) is 22.6 Å². The van der Waals surface area contributed by atoms with E-state index in [1.165, 1.54) is 17.4 Å². The van der Waals surface area contributed by atoms with Gasteiger partial charge < -0.3 is 4.74 Å². The average Bonchev–Trinajstić information content (AvgIpc) is 2.97. The molecule has 1 aliphatic heterocycles. The molecule has 2 heterocycles. The molecule has 4 rings (SSSR count). The number of hydrogen-bond acceptors (Lipinski definition) is 4. The number of benzene rings is 2. The number of carbonyl (C=O) groups is 1. The van der Waals surface area contributed by atoms with Crippen LogP contribution in [0, 0.1) is 11.6 Å². The average molecular weight is 344 g/mol. The Bertz CT molecular complexity index is 935. The second-order valence-corrected chi connectivity index (χ2v) is 6.21. The standard InChI is InChI=1S/C17H10F2N2O2S/c18-10-5-3-6-11(19)14(10)16(22)21-17-20-15-9-4-1-2-7-12(9)23-8-13(15)24-17/h1-7H,8H2,(H,20,21,22). The molecule has 0 spiro atoms. The maximum atomic E-state index is 13.7. The van der Waals surface area contributed by atoms with E-state index >= 15 is 0 Å². The van der Waals surface area contributed by atoms with Crippen molar-refractivity contribution in [2.24, 2.45) is 0 Å². The zero-order chi connectivity index (χ0) is 16.7. The number of amides is 1. The van der Waals surface area contributed by atoms with Gasteiger partial charge in [0.25, 0.3) is 5.91 Å². The first kappa shape index (κ1) is 14.8. The van der Waals surface area contributed by atoms with Gasteiger partial charge >= 0.3 is 0 Å². The maximum Gasteiger partial charge on any atom is 0.263 e. The van der Waals surface area contributed by atoms with Gasteiger partial charge in [-0.1, -0.05) is 29.5 Å². The number of halogens is 2. The van der Waals surface area contributed by atoms with Crippen molar-refractivity contribution in [2.75, 3.05) is 5.32 Å². The lowest BCUT2D eigenvalue weighted by molar-refractivity contribution is 0.101. The van der Waals surface area contributed by atoms with Gasteiger partial charge in [-0.15, -0.1) is 0 Å². The quantitative estimate of drug-likeness (QED) is 0.757. The van der Waals surface area contributed by atoms with E-state index in [1.54, 1.807) is 0 Å². The first-order chi connectivity index (χ1) is 11.6. The van der Waals surface area contributed by atoms with E-state index in [9.17, 15) is 13.6 Å². The normalized spacial score (nSPS) is 12.1. The van der Waals surface area contributed by atoms with Crippen LogP contribution in [0.15, 0.2) is 42.5 Å². The van der Waals surface area contributed by atoms with E-state index in [4.69, 9.17) is 4.74 Å². The summed E-state index contributed by atoms with van der Waals surface area (Å²) in [6.07, 6.45) is 0. The van der Waals surface area contributed by atoms with Crippen LogP contribution in [0.3, 0.4) is 0 Å². The molecular weight excluding hydrogens is 334 g/mol. The van der Waals surface area contributed by atoms with Gasteiger partial charge in [0.1, 0.15) is 29.6 Å². The third-order valence-electron chi connectivity index (χ3n) is 3.61. The molecule has 3 aromatic rings. The molecule has 0 radical (unpaired) electrons. The molecule has 0 unspecified atom stereocenters. The third kappa shape index (κ3) is 2.43. The fourth-order valence-corrected chi connectivity index (χ4v) is 3.40. The number of rotatable bonds is 2. The molecule has 1 N–H and O–H groups in total. The summed E-state index contributed by atoms with van der Waals surface area (Å²) in [6.45, 7) is 0.341. The molecule has 0 bridgehead atoms. The van der Waals surface area contributed by atoms with Gasteiger partial charge in [0.15, 0.2) is 5.13 Å². The molecule has 0 saturated carbocycles. The van der Waals surface area contributed by atoms with Crippen LogP contribution in [0.4, 0.5) is 13.9 Å². The van der Waals surface area contributed by atoms with Gasteiger partial charge in [-0.05, 0) is 24.3 Å². The Labute approximate surface area is 139 Å². The Morgan fingerprint density at radius 2 is 1.88 bits per heavy atom. The van der Waals surface area contributed by atoms with E-state index in [2.05, 4.69) is 10.3 Å². The number of para-hydroxylation sites is 1.